The lowest BCUT2D eigenvalue weighted by atomic mass is 9.73. The Morgan fingerprint density at radius 2 is 1.97 bits per heavy atom. The van der Waals surface area contributed by atoms with E-state index in [-0.39, 0.29) is 17.7 Å². The van der Waals surface area contributed by atoms with Gasteiger partial charge in [-0.2, -0.15) is 0 Å². The third-order valence-electron chi connectivity index (χ3n) is 5.88. The molecule has 5 heteroatoms. The average molecular weight is 405 g/mol. The summed E-state index contributed by atoms with van der Waals surface area (Å²) in [6, 6.07) is 13.7. The van der Waals surface area contributed by atoms with Crippen molar-refractivity contribution in [1.29, 1.82) is 0 Å². The normalized spacial score (nSPS) is 21.3. The second-order valence-electron chi connectivity index (χ2n) is 7.93. The van der Waals surface area contributed by atoms with E-state index in [9.17, 15) is 9.59 Å². The third kappa shape index (κ3) is 3.84. The van der Waals surface area contributed by atoms with E-state index in [4.69, 9.17) is 9.15 Å². The molecular formula is C25H27NO4. The fourth-order valence-corrected chi connectivity index (χ4v) is 4.40. The summed E-state index contributed by atoms with van der Waals surface area (Å²) >= 11 is 0. The van der Waals surface area contributed by atoms with Crippen LogP contribution in [-0.4, -0.2) is 18.4 Å². The smallest absolute Gasteiger partial charge is 0.336 e. The summed E-state index contributed by atoms with van der Waals surface area (Å²) in [5.74, 6) is -0.162. The van der Waals surface area contributed by atoms with E-state index in [1.54, 1.807) is 12.3 Å². The van der Waals surface area contributed by atoms with E-state index in [1.807, 2.05) is 38.1 Å². The van der Waals surface area contributed by atoms with Gasteiger partial charge in [-0.3, -0.25) is 4.79 Å². The lowest BCUT2D eigenvalue weighted by molar-refractivity contribution is -0.139. The molecule has 0 saturated carbocycles. The number of ketones is 1. The van der Waals surface area contributed by atoms with Crippen molar-refractivity contribution in [1.82, 2.24) is 5.32 Å². The van der Waals surface area contributed by atoms with Crippen LogP contribution in [-0.2, 0) is 14.3 Å². The van der Waals surface area contributed by atoms with Crippen molar-refractivity contribution in [2.24, 2.45) is 0 Å². The zero-order valence-corrected chi connectivity index (χ0v) is 17.4. The molecule has 2 heterocycles. The molecule has 0 radical (unpaired) electrons. The number of benzene rings is 1. The van der Waals surface area contributed by atoms with Crippen molar-refractivity contribution < 1.29 is 18.7 Å². The van der Waals surface area contributed by atoms with Crippen LogP contribution >= 0.6 is 0 Å². The predicted molar refractivity (Wildman–Crippen MR) is 114 cm³/mol. The van der Waals surface area contributed by atoms with E-state index in [2.05, 4.69) is 17.4 Å². The Bertz CT molecular complexity index is 985. The first kappa shape index (κ1) is 20.2. The molecule has 1 aromatic heterocycles. The Labute approximate surface area is 176 Å². The highest BCUT2D eigenvalue weighted by Gasteiger charge is 2.42. The molecule has 5 nitrogen and oxygen atoms in total. The monoisotopic (exact) mass is 405 g/mol. The second kappa shape index (κ2) is 8.74. The standard InChI is InChI=1S/C25H27NO4/c1-3-4-12-30-25(28)22-16(2)26-19-14-18(17-9-6-5-7-10-17)15-20(27)23(19)24(22)21-11-8-13-29-21/h5-11,13,18,24,26H,3-4,12,14-15H2,1-2H3. The summed E-state index contributed by atoms with van der Waals surface area (Å²) in [5, 5.41) is 3.36. The van der Waals surface area contributed by atoms with Crippen LogP contribution in [0.15, 0.2) is 75.7 Å². The molecule has 30 heavy (non-hydrogen) atoms. The highest BCUT2D eigenvalue weighted by Crippen LogP contribution is 2.45. The minimum atomic E-state index is -0.533. The maximum absolute atomic E-state index is 13.3. The molecule has 0 bridgehead atoms. The predicted octanol–water partition coefficient (Wildman–Crippen LogP) is 4.98. The Morgan fingerprint density at radius 3 is 2.67 bits per heavy atom. The van der Waals surface area contributed by atoms with E-state index >= 15 is 0 Å². The molecule has 2 atom stereocenters. The number of rotatable bonds is 6. The van der Waals surface area contributed by atoms with Gasteiger partial charge >= 0.3 is 5.97 Å². The topological polar surface area (TPSA) is 68.5 Å². The number of furan rings is 1. The van der Waals surface area contributed by atoms with Crippen LogP contribution in [0.1, 0.15) is 62.7 Å². The number of hydrogen-bond acceptors (Lipinski definition) is 5. The molecule has 4 rings (SSSR count). The summed E-state index contributed by atoms with van der Waals surface area (Å²) in [6.07, 6.45) is 4.46. The van der Waals surface area contributed by atoms with Gasteiger partial charge < -0.3 is 14.5 Å². The van der Waals surface area contributed by atoms with E-state index in [1.165, 1.54) is 0 Å². The zero-order chi connectivity index (χ0) is 21.1. The van der Waals surface area contributed by atoms with Crippen LogP contribution in [0.25, 0.3) is 0 Å². The minimum Gasteiger partial charge on any atom is -0.468 e. The van der Waals surface area contributed by atoms with Crippen LogP contribution in [0.3, 0.4) is 0 Å². The SMILES string of the molecule is CCCCOC(=O)C1=C(C)NC2=C(C(=O)CC(c3ccccc3)C2)C1c1ccco1. The number of allylic oxidation sites excluding steroid dienone is 3. The molecule has 0 amide bonds. The van der Waals surface area contributed by atoms with Crippen LogP contribution in [0.2, 0.25) is 0 Å². The van der Waals surface area contributed by atoms with Crippen molar-refractivity contribution in [2.75, 3.05) is 6.61 Å². The molecule has 1 aliphatic heterocycles. The van der Waals surface area contributed by atoms with Gasteiger partial charge in [0.1, 0.15) is 5.76 Å². The van der Waals surface area contributed by atoms with Gasteiger partial charge in [-0.05, 0) is 43.4 Å². The third-order valence-corrected chi connectivity index (χ3v) is 5.88. The number of carbonyl (C=O) groups is 2. The number of esters is 1. The second-order valence-corrected chi connectivity index (χ2v) is 7.93. The quantitative estimate of drug-likeness (QED) is 0.542. The first-order chi connectivity index (χ1) is 14.6. The maximum Gasteiger partial charge on any atom is 0.336 e. The van der Waals surface area contributed by atoms with Crippen LogP contribution < -0.4 is 5.32 Å². The van der Waals surface area contributed by atoms with Gasteiger partial charge in [0.25, 0.3) is 0 Å². The summed E-state index contributed by atoms with van der Waals surface area (Å²) < 4.78 is 11.2. The lowest BCUT2D eigenvalue weighted by Gasteiger charge is -2.35. The molecular weight excluding hydrogens is 378 g/mol. The number of carbonyl (C=O) groups excluding carboxylic acids is 2. The van der Waals surface area contributed by atoms with Crippen LogP contribution in [0.5, 0.6) is 0 Å². The summed E-state index contributed by atoms with van der Waals surface area (Å²) in [6.45, 7) is 4.28. The van der Waals surface area contributed by atoms with Crippen molar-refractivity contribution >= 4 is 11.8 Å². The number of Topliss-reactive ketones (excluding diaryl/α,β-unsaturated/α-hetero) is 1. The Kier molecular flexibility index (Phi) is 5.88. The highest BCUT2D eigenvalue weighted by molar-refractivity contribution is 6.04. The van der Waals surface area contributed by atoms with E-state index in [0.717, 1.165) is 36.2 Å². The van der Waals surface area contributed by atoms with Crippen molar-refractivity contribution in [3.63, 3.8) is 0 Å². The van der Waals surface area contributed by atoms with Gasteiger partial charge in [-0.25, -0.2) is 4.79 Å². The summed E-state index contributed by atoms with van der Waals surface area (Å²) in [5.41, 5.74) is 3.85. The molecule has 156 valence electrons. The number of nitrogens with one attached hydrogen (secondary N) is 1. The average Bonchev–Trinajstić information content (AvgIpc) is 3.28. The first-order valence-corrected chi connectivity index (χ1v) is 10.6. The molecule has 0 spiro atoms. The lowest BCUT2D eigenvalue weighted by Crippen LogP contribution is -2.36. The number of hydrogen-bond donors (Lipinski definition) is 1. The summed E-state index contributed by atoms with van der Waals surface area (Å²) in [4.78, 5) is 26.3. The molecule has 0 fully saturated rings. The first-order valence-electron chi connectivity index (χ1n) is 10.6. The molecule has 1 aliphatic carbocycles. The van der Waals surface area contributed by atoms with Gasteiger partial charge in [0.2, 0.25) is 0 Å². The van der Waals surface area contributed by atoms with Gasteiger partial charge in [-0.15, -0.1) is 0 Å². The van der Waals surface area contributed by atoms with Crippen molar-refractivity contribution in [2.45, 2.75) is 51.4 Å². The molecule has 1 N–H and O–H groups in total. The largest absolute Gasteiger partial charge is 0.468 e. The Balaban J connectivity index is 1.70. The van der Waals surface area contributed by atoms with Crippen molar-refractivity contribution in [3.8, 4) is 0 Å². The Morgan fingerprint density at radius 1 is 1.17 bits per heavy atom. The fourth-order valence-electron chi connectivity index (χ4n) is 4.40. The number of dihydropyridines is 1. The van der Waals surface area contributed by atoms with E-state index < -0.39 is 5.92 Å². The van der Waals surface area contributed by atoms with Crippen LogP contribution in [0.4, 0.5) is 0 Å². The zero-order valence-electron chi connectivity index (χ0n) is 17.4. The number of ether oxygens (including phenoxy) is 1. The summed E-state index contributed by atoms with van der Waals surface area (Å²) in [7, 11) is 0. The molecule has 1 aromatic carbocycles. The van der Waals surface area contributed by atoms with Gasteiger partial charge in [0, 0.05) is 23.4 Å². The fraction of sp³-hybridized carbons (Fsp3) is 0.360. The maximum atomic E-state index is 13.3. The molecule has 0 saturated heterocycles. The molecule has 2 aliphatic rings. The van der Waals surface area contributed by atoms with Gasteiger partial charge in [0.05, 0.1) is 24.4 Å². The van der Waals surface area contributed by atoms with E-state index in [0.29, 0.717) is 29.9 Å². The van der Waals surface area contributed by atoms with Gasteiger partial charge in [-0.1, -0.05) is 43.7 Å². The molecule has 2 unspecified atom stereocenters. The van der Waals surface area contributed by atoms with Crippen LogP contribution in [0, 0.1) is 0 Å². The minimum absolute atomic E-state index is 0.0466. The van der Waals surface area contributed by atoms with Gasteiger partial charge in [0.15, 0.2) is 5.78 Å². The highest BCUT2D eigenvalue weighted by atomic mass is 16.5. The number of unbranched alkanes of at least 4 members (excludes halogenated alkanes) is 1. The molecule has 2 aromatic rings. The Hall–Kier alpha value is -3.08. The van der Waals surface area contributed by atoms with Crippen molar-refractivity contribution in [3.05, 3.63) is 82.6 Å².